The van der Waals surface area contributed by atoms with E-state index in [2.05, 4.69) is 10.6 Å². The van der Waals surface area contributed by atoms with Gasteiger partial charge in [0.2, 0.25) is 35.4 Å². The Hall–Kier alpha value is -3.40. The Morgan fingerprint density at radius 2 is 1.37 bits per heavy atom. The highest BCUT2D eigenvalue weighted by Crippen LogP contribution is 2.27. The largest absolute Gasteiger partial charge is 0.480 e. The van der Waals surface area contributed by atoms with Crippen molar-refractivity contribution in [1.82, 2.24) is 25.3 Å². The van der Waals surface area contributed by atoms with Gasteiger partial charge in [-0.1, -0.05) is 0 Å². The van der Waals surface area contributed by atoms with E-state index in [1.807, 2.05) is 6.26 Å². The van der Waals surface area contributed by atoms with Crippen LogP contribution < -0.4 is 22.1 Å². The minimum absolute atomic E-state index is 0.170. The van der Waals surface area contributed by atoms with Crippen LogP contribution in [0.5, 0.6) is 0 Å². The number of carbonyl (C=O) groups is 7. The Kier molecular flexibility index (Phi) is 12.2. The maximum absolute atomic E-state index is 13.8. The molecule has 0 aromatic heterocycles. The van der Waals surface area contributed by atoms with Gasteiger partial charge in [0.15, 0.2) is 0 Å². The normalized spacial score (nSPS) is 23.9. The SMILES string of the molecule is CSCC[C@H](NC(=O)[C@H](C)N)C(=O)N1CCC[C@H]1C(=O)N1CCC[C@H]1C(=O)N[C@@H](CC(N)=O)C(=O)N1CCC[C@H]1C(=O)O. The lowest BCUT2D eigenvalue weighted by Crippen LogP contribution is -2.59. The monoisotopic (exact) mass is 625 g/mol. The van der Waals surface area contributed by atoms with Gasteiger partial charge in [-0.2, -0.15) is 11.8 Å². The van der Waals surface area contributed by atoms with Gasteiger partial charge in [0, 0.05) is 19.6 Å². The van der Waals surface area contributed by atoms with E-state index in [0.717, 1.165) is 4.90 Å². The van der Waals surface area contributed by atoms with Gasteiger partial charge in [0.1, 0.15) is 30.2 Å². The molecule has 3 aliphatic rings. The van der Waals surface area contributed by atoms with E-state index in [1.165, 1.54) is 28.5 Å². The van der Waals surface area contributed by atoms with Gasteiger partial charge in [-0.05, 0) is 63.9 Å². The smallest absolute Gasteiger partial charge is 0.326 e. The van der Waals surface area contributed by atoms with Crippen molar-refractivity contribution in [2.45, 2.75) is 94.5 Å². The second-order valence-corrected chi connectivity index (χ2v) is 12.3. The van der Waals surface area contributed by atoms with Crippen LogP contribution in [-0.4, -0.2) is 129 Å². The molecule has 0 aromatic carbocycles. The Bertz CT molecular complexity index is 1110. The van der Waals surface area contributed by atoms with Crippen LogP contribution in [0.25, 0.3) is 0 Å². The first-order chi connectivity index (χ1) is 20.4. The average Bonchev–Trinajstić information content (AvgIpc) is 3.73. The molecular formula is C27H43N7O8S. The molecule has 0 aliphatic carbocycles. The molecule has 3 saturated heterocycles. The Morgan fingerprint density at radius 1 is 0.837 bits per heavy atom. The Balaban J connectivity index is 1.74. The predicted molar refractivity (Wildman–Crippen MR) is 156 cm³/mol. The van der Waals surface area contributed by atoms with Crippen molar-refractivity contribution in [2.75, 3.05) is 31.6 Å². The highest BCUT2D eigenvalue weighted by molar-refractivity contribution is 7.98. The van der Waals surface area contributed by atoms with Crippen LogP contribution in [0.3, 0.4) is 0 Å². The molecule has 3 heterocycles. The number of carboxylic acid groups (broad SMARTS) is 1. The lowest BCUT2D eigenvalue weighted by atomic mass is 10.1. The van der Waals surface area contributed by atoms with Crippen LogP contribution in [-0.2, 0) is 33.6 Å². The fourth-order valence-corrected chi connectivity index (χ4v) is 6.41. The first-order valence-electron chi connectivity index (χ1n) is 14.6. The molecule has 3 fully saturated rings. The fourth-order valence-electron chi connectivity index (χ4n) is 5.93. The summed E-state index contributed by atoms with van der Waals surface area (Å²) >= 11 is 1.52. The van der Waals surface area contributed by atoms with Crippen LogP contribution in [0.2, 0.25) is 0 Å². The lowest BCUT2D eigenvalue weighted by molar-refractivity contribution is -0.150. The number of carbonyl (C=O) groups excluding carboxylic acids is 6. The van der Waals surface area contributed by atoms with Crippen molar-refractivity contribution in [3.05, 3.63) is 0 Å². The number of aliphatic carboxylic acids is 1. The minimum Gasteiger partial charge on any atom is -0.480 e. The summed E-state index contributed by atoms with van der Waals surface area (Å²) < 4.78 is 0. The number of rotatable bonds is 13. The Morgan fingerprint density at radius 3 is 1.93 bits per heavy atom. The van der Waals surface area contributed by atoms with E-state index in [4.69, 9.17) is 11.5 Å². The van der Waals surface area contributed by atoms with Gasteiger partial charge in [-0.15, -0.1) is 0 Å². The molecule has 0 bridgehead atoms. The van der Waals surface area contributed by atoms with E-state index < -0.39 is 78.2 Å². The molecular weight excluding hydrogens is 582 g/mol. The number of primary amides is 1. The summed E-state index contributed by atoms with van der Waals surface area (Å²) in [5.74, 6) is -4.06. The number of nitrogens with zero attached hydrogens (tertiary/aromatic N) is 3. The van der Waals surface area contributed by atoms with Crippen molar-refractivity contribution < 1.29 is 38.7 Å². The Labute approximate surface area is 254 Å². The molecule has 3 aliphatic heterocycles. The number of hydrogen-bond donors (Lipinski definition) is 5. The summed E-state index contributed by atoms with van der Waals surface area (Å²) in [7, 11) is 0. The summed E-state index contributed by atoms with van der Waals surface area (Å²) in [5.41, 5.74) is 11.0. The quantitative estimate of drug-likeness (QED) is 0.151. The van der Waals surface area contributed by atoms with Crippen LogP contribution in [0.4, 0.5) is 0 Å². The average molecular weight is 626 g/mol. The van der Waals surface area contributed by atoms with Gasteiger partial charge in [0.05, 0.1) is 12.5 Å². The van der Waals surface area contributed by atoms with E-state index in [-0.39, 0.29) is 25.4 Å². The zero-order valence-electron chi connectivity index (χ0n) is 24.7. The number of carboxylic acids is 1. The third kappa shape index (κ3) is 8.37. The van der Waals surface area contributed by atoms with E-state index in [9.17, 15) is 38.7 Å². The summed E-state index contributed by atoms with van der Waals surface area (Å²) in [6, 6.07) is -5.88. The van der Waals surface area contributed by atoms with Crippen molar-refractivity contribution in [3.63, 3.8) is 0 Å². The number of hydrogen-bond acceptors (Lipinski definition) is 9. The van der Waals surface area contributed by atoms with E-state index >= 15 is 0 Å². The highest BCUT2D eigenvalue weighted by atomic mass is 32.2. The fraction of sp³-hybridized carbons (Fsp3) is 0.741. The van der Waals surface area contributed by atoms with Gasteiger partial charge in [0.25, 0.3) is 0 Å². The standard InChI is InChI=1S/C27H43N7O8S/c1-15(28)22(36)30-16(9-13-43-2)24(38)33-11-4-7-19(33)26(40)32-10-3-6-18(32)23(37)31-17(14-21(29)35)25(39)34-12-5-8-20(34)27(41)42/h15-20H,3-14,28H2,1-2H3,(H2,29,35)(H,30,36)(H,31,37)(H,41,42)/t15-,16-,17-,18-,19-,20-/m0/s1. The number of thioether (sulfide) groups is 1. The molecule has 43 heavy (non-hydrogen) atoms. The number of amides is 6. The lowest BCUT2D eigenvalue weighted by Gasteiger charge is -2.33. The van der Waals surface area contributed by atoms with Crippen molar-refractivity contribution >= 4 is 53.2 Å². The second kappa shape index (κ2) is 15.4. The molecule has 0 saturated carbocycles. The predicted octanol–water partition coefficient (Wildman–Crippen LogP) is -2.01. The molecule has 6 atom stereocenters. The first kappa shape index (κ1) is 34.1. The third-order valence-electron chi connectivity index (χ3n) is 8.14. The number of nitrogens with two attached hydrogens (primary N) is 2. The maximum atomic E-state index is 13.8. The molecule has 7 N–H and O–H groups in total. The molecule has 0 spiro atoms. The van der Waals surface area contributed by atoms with Crippen LogP contribution in [0.15, 0.2) is 0 Å². The molecule has 0 radical (unpaired) electrons. The number of nitrogens with one attached hydrogen (secondary N) is 2. The van der Waals surface area contributed by atoms with E-state index in [1.54, 1.807) is 0 Å². The molecule has 15 nitrogen and oxygen atoms in total. The van der Waals surface area contributed by atoms with Gasteiger partial charge in [-0.25, -0.2) is 4.79 Å². The highest BCUT2D eigenvalue weighted by Gasteiger charge is 2.45. The second-order valence-electron chi connectivity index (χ2n) is 11.3. The van der Waals surface area contributed by atoms with Crippen molar-refractivity contribution in [1.29, 1.82) is 0 Å². The maximum Gasteiger partial charge on any atom is 0.326 e. The van der Waals surface area contributed by atoms with E-state index in [0.29, 0.717) is 50.8 Å². The number of likely N-dealkylation sites (tertiary alicyclic amines) is 3. The molecule has 3 rings (SSSR count). The van der Waals surface area contributed by atoms with Crippen LogP contribution in [0.1, 0.15) is 58.3 Å². The van der Waals surface area contributed by atoms with Crippen molar-refractivity contribution in [3.8, 4) is 0 Å². The first-order valence-corrected chi connectivity index (χ1v) is 16.0. The molecule has 16 heteroatoms. The summed E-state index contributed by atoms with van der Waals surface area (Å²) in [5, 5.41) is 14.7. The summed E-state index contributed by atoms with van der Waals surface area (Å²) in [6.07, 6.45) is 4.21. The van der Waals surface area contributed by atoms with Gasteiger partial charge in [-0.3, -0.25) is 28.8 Å². The third-order valence-corrected chi connectivity index (χ3v) is 8.78. The van der Waals surface area contributed by atoms with Crippen LogP contribution >= 0.6 is 11.8 Å². The van der Waals surface area contributed by atoms with Gasteiger partial charge >= 0.3 is 5.97 Å². The molecule has 6 amide bonds. The zero-order chi connectivity index (χ0) is 31.8. The topological polar surface area (TPSA) is 226 Å². The summed E-state index contributed by atoms with van der Waals surface area (Å²) in [4.78, 5) is 93.7. The summed E-state index contributed by atoms with van der Waals surface area (Å²) in [6.45, 7) is 2.26. The minimum atomic E-state index is -1.38. The zero-order valence-corrected chi connectivity index (χ0v) is 25.5. The van der Waals surface area contributed by atoms with Crippen molar-refractivity contribution in [2.24, 2.45) is 11.5 Å². The molecule has 240 valence electrons. The molecule has 0 unspecified atom stereocenters. The van der Waals surface area contributed by atoms with Gasteiger partial charge < -0.3 is 41.9 Å². The molecule has 0 aromatic rings. The van der Waals surface area contributed by atoms with Crippen LogP contribution in [0, 0.1) is 0 Å².